The van der Waals surface area contributed by atoms with Gasteiger partial charge in [-0.15, -0.1) is 11.8 Å². The molecule has 2 bridgehead atoms. The molecule has 2 saturated carbocycles. The van der Waals surface area contributed by atoms with Crippen LogP contribution in [0.2, 0.25) is 0 Å². The second-order valence-electron chi connectivity index (χ2n) is 12.7. The van der Waals surface area contributed by atoms with Gasteiger partial charge in [-0.3, -0.25) is 24.5 Å². The summed E-state index contributed by atoms with van der Waals surface area (Å²) >= 11 is 2.41. The van der Waals surface area contributed by atoms with Crippen molar-refractivity contribution in [3.05, 3.63) is 114 Å². The molecule has 9 nitrogen and oxygen atoms in total. The van der Waals surface area contributed by atoms with Crippen LogP contribution in [-0.4, -0.2) is 27.0 Å². The number of thioether (sulfide) groups is 1. The highest BCUT2D eigenvalue weighted by Gasteiger charge is 2.70. The van der Waals surface area contributed by atoms with E-state index in [2.05, 4.69) is 4.98 Å². The minimum atomic E-state index is -4.78. The van der Waals surface area contributed by atoms with E-state index in [-0.39, 0.29) is 34.3 Å². The molecule has 6 unspecified atom stereocenters. The Morgan fingerprint density at radius 2 is 1.75 bits per heavy atom. The molecule has 3 fully saturated rings. The number of hydrogen-bond acceptors (Lipinski definition) is 8. The molecule has 246 valence electrons. The Hall–Kier alpha value is -4.43. The number of aryl methyl sites for hydroxylation is 1. The van der Waals surface area contributed by atoms with Crippen molar-refractivity contribution >= 4 is 46.3 Å². The summed E-state index contributed by atoms with van der Waals surface area (Å²) in [7, 11) is 0. The molecule has 2 aliphatic heterocycles. The number of carbonyl (C=O) groups is 2. The van der Waals surface area contributed by atoms with Gasteiger partial charge in [0.1, 0.15) is 12.4 Å². The number of halogens is 3. The number of nitrogens with zero attached hydrogens (tertiary/aromatic N) is 2. The lowest BCUT2D eigenvalue weighted by atomic mass is 9.68. The van der Waals surface area contributed by atoms with Gasteiger partial charge in [-0.2, -0.15) is 13.2 Å². The Bertz CT molecular complexity index is 2080. The van der Waals surface area contributed by atoms with Crippen molar-refractivity contribution in [2.45, 2.75) is 42.3 Å². The average Bonchev–Trinajstić information content (AvgIpc) is 3.78. The van der Waals surface area contributed by atoms with Crippen LogP contribution in [0.4, 0.5) is 24.5 Å². The summed E-state index contributed by atoms with van der Waals surface area (Å²) in [4.78, 5) is 56.2. The highest BCUT2D eigenvalue weighted by molar-refractivity contribution is 8.00. The van der Waals surface area contributed by atoms with Gasteiger partial charge in [-0.25, -0.2) is 4.90 Å². The number of nitro groups is 1. The van der Waals surface area contributed by atoms with Gasteiger partial charge in [0, 0.05) is 33.7 Å². The fourth-order valence-corrected chi connectivity index (χ4v) is 11.4. The van der Waals surface area contributed by atoms with Gasteiger partial charge in [0.15, 0.2) is 0 Å². The predicted octanol–water partition coefficient (Wildman–Crippen LogP) is 6.93. The van der Waals surface area contributed by atoms with Gasteiger partial charge in [-0.05, 0) is 54.9 Å². The van der Waals surface area contributed by atoms with Crippen molar-refractivity contribution in [2.75, 3.05) is 4.90 Å². The zero-order valence-corrected chi connectivity index (χ0v) is 26.7. The molecule has 4 aromatic rings. The van der Waals surface area contributed by atoms with Crippen LogP contribution >= 0.6 is 23.1 Å². The van der Waals surface area contributed by atoms with Crippen molar-refractivity contribution in [2.24, 2.45) is 29.6 Å². The van der Waals surface area contributed by atoms with Gasteiger partial charge >= 0.3 is 11.0 Å². The van der Waals surface area contributed by atoms with Crippen LogP contribution in [0.1, 0.15) is 39.5 Å². The van der Waals surface area contributed by atoms with Crippen molar-refractivity contribution in [3.63, 3.8) is 0 Å². The zero-order valence-electron chi connectivity index (χ0n) is 25.1. The van der Waals surface area contributed by atoms with Crippen LogP contribution in [0.5, 0.6) is 5.75 Å². The molecule has 14 heteroatoms. The number of carbonyl (C=O) groups excluding carboxylic acids is 2. The minimum absolute atomic E-state index is 0.171. The van der Waals surface area contributed by atoms with E-state index in [9.17, 15) is 37.7 Å². The highest BCUT2D eigenvalue weighted by Crippen LogP contribution is 2.69. The molecule has 0 spiro atoms. The number of hydrogen-bond donors (Lipinski definition) is 1. The number of rotatable bonds is 6. The largest absolute Gasteiger partial charge is 0.489 e. The van der Waals surface area contributed by atoms with Crippen molar-refractivity contribution in [1.82, 2.24) is 4.98 Å². The van der Waals surface area contributed by atoms with E-state index in [1.807, 2.05) is 31.2 Å². The second kappa shape index (κ2) is 11.1. The number of nitrogens with one attached hydrogen (secondary N) is 1. The lowest BCUT2D eigenvalue weighted by molar-refractivity contribution is -0.385. The van der Waals surface area contributed by atoms with Crippen LogP contribution in [0.15, 0.2) is 76.6 Å². The molecule has 7 atom stereocenters. The van der Waals surface area contributed by atoms with Crippen molar-refractivity contribution in [3.8, 4) is 5.75 Å². The number of imide groups is 1. The lowest BCUT2D eigenvalue weighted by Gasteiger charge is -2.43. The second-order valence-corrected chi connectivity index (χ2v) is 14.9. The summed E-state index contributed by atoms with van der Waals surface area (Å²) < 4.78 is 48.4. The van der Waals surface area contributed by atoms with E-state index >= 15 is 0 Å². The van der Waals surface area contributed by atoms with E-state index in [1.54, 1.807) is 6.07 Å². The molecule has 1 N–H and O–H groups in total. The number of amides is 2. The minimum Gasteiger partial charge on any atom is -0.489 e. The van der Waals surface area contributed by atoms with E-state index in [0.717, 1.165) is 39.5 Å². The van der Waals surface area contributed by atoms with E-state index in [1.165, 1.54) is 36.0 Å². The summed E-state index contributed by atoms with van der Waals surface area (Å²) in [5, 5.41) is 12.3. The van der Waals surface area contributed by atoms with Gasteiger partial charge in [0.05, 0.1) is 33.0 Å². The molecule has 3 heterocycles. The first kappa shape index (κ1) is 30.9. The molecule has 4 aliphatic rings. The number of benzene rings is 3. The van der Waals surface area contributed by atoms with E-state index < -0.39 is 57.8 Å². The fourth-order valence-electron chi connectivity index (χ4n) is 8.50. The maximum atomic E-state index is 14.1. The number of thiazole rings is 1. The topological polar surface area (TPSA) is 123 Å². The van der Waals surface area contributed by atoms with Gasteiger partial charge in [0.25, 0.3) is 5.69 Å². The number of alkyl halides is 3. The van der Waals surface area contributed by atoms with Crippen LogP contribution in [-0.2, 0) is 22.4 Å². The summed E-state index contributed by atoms with van der Waals surface area (Å²) in [5.74, 6) is -4.33. The number of non-ortho nitro benzene ring substituents is 1. The predicted molar refractivity (Wildman–Crippen MR) is 171 cm³/mol. The Balaban J connectivity index is 1.22. The first-order valence-electron chi connectivity index (χ1n) is 15.3. The number of ether oxygens (including phenoxy) is 1. The maximum Gasteiger partial charge on any atom is 0.418 e. The van der Waals surface area contributed by atoms with Crippen LogP contribution in [0.25, 0.3) is 0 Å². The Labute approximate surface area is 279 Å². The Kier molecular flexibility index (Phi) is 7.11. The van der Waals surface area contributed by atoms with Gasteiger partial charge in [-0.1, -0.05) is 53.3 Å². The number of aromatic amines is 1. The molecular weight excluding hydrogens is 668 g/mol. The summed E-state index contributed by atoms with van der Waals surface area (Å²) in [6.07, 6.45) is -4.28. The van der Waals surface area contributed by atoms with E-state index in [0.29, 0.717) is 27.6 Å². The van der Waals surface area contributed by atoms with Crippen LogP contribution in [0.3, 0.4) is 0 Å². The van der Waals surface area contributed by atoms with Gasteiger partial charge < -0.3 is 9.72 Å². The molecular formula is C34H26F3N3O6S2. The zero-order chi connectivity index (χ0) is 33.6. The molecule has 2 aliphatic carbocycles. The molecule has 1 aromatic heterocycles. The molecule has 1 saturated heterocycles. The molecule has 0 radical (unpaired) electrons. The Morgan fingerprint density at radius 1 is 1.00 bits per heavy atom. The summed E-state index contributed by atoms with van der Waals surface area (Å²) in [6.45, 7) is 2.13. The number of nitro benzene ring substituents is 1. The third-order valence-electron chi connectivity index (χ3n) is 10.2. The van der Waals surface area contributed by atoms with Crippen LogP contribution < -0.4 is 14.5 Å². The summed E-state index contributed by atoms with van der Waals surface area (Å²) in [6, 6.07) is 16.7. The smallest absolute Gasteiger partial charge is 0.418 e. The standard InChI is InChI=1S/C34H26F3N3O6S2/c1-15-5-4-6-16(11-15)14-46-23-10-9-17(40(44)45)12-18(23)24-25-19-13-20(28(25)47-30-29(24)48-33(43)38-30)27-26(19)31(41)39(32(27)42)22-8-3-2-7-21(22)34(35,36)37/h2-12,19-20,24-28H,13-14H2,1H3,(H,38,43)/t19?,20?,24-,25?,26?,27?,28?/m1/s1. The SMILES string of the molecule is Cc1cccc(COc2ccc([N+](=O)[O-])cc2[C@H]2c3sc(=O)[nH]c3SC3C4CC(C5C(=O)N(c6ccccc6C(F)(F)F)C(=O)C45)C32)c1. The normalized spacial score (nSPS) is 27.2. The fraction of sp³-hybridized carbons (Fsp3) is 0.324. The highest BCUT2D eigenvalue weighted by atomic mass is 32.2. The Morgan fingerprint density at radius 3 is 2.48 bits per heavy atom. The number of aromatic nitrogens is 1. The third kappa shape index (κ3) is 4.71. The maximum absolute atomic E-state index is 14.1. The average molecular weight is 694 g/mol. The van der Waals surface area contributed by atoms with Crippen molar-refractivity contribution < 1.29 is 32.4 Å². The third-order valence-corrected chi connectivity index (χ3v) is 12.8. The molecule has 48 heavy (non-hydrogen) atoms. The van der Waals surface area contributed by atoms with E-state index in [4.69, 9.17) is 4.74 Å². The van der Waals surface area contributed by atoms with Crippen LogP contribution in [0, 0.1) is 46.6 Å². The number of anilines is 1. The molecule has 3 aromatic carbocycles. The molecule has 2 amide bonds. The lowest BCUT2D eigenvalue weighted by Crippen LogP contribution is -2.42. The number of fused-ring (bicyclic) bond motifs is 9. The first-order chi connectivity index (χ1) is 22.9. The number of para-hydroxylation sites is 1. The summed E-state index contributed by atoms with van der Waals surface area (Å²) in [5.41, 5.74) is 0.706. The van der Waals surface area contributed by atoms with Crippen molar-refractivity contribution in [1.29, 1.82) is 0 Å². The number of H-pyrrole nitrogens is 1. The monoisotopic (exact) mass is 693 g/mol. The first-order valence-corrected chi connectivity index (χ1v) is 17.0. The molecule has 8 rings (SSSR count). The van der Waals surface area contributed by atoms with Gasteiger partial charge in [0.2, 0.25) is 11.8 Å². The quantitative estimate of drug-likeness (QED) is 0.132.